The zero-order valence-electron chi connectivity index (χ0n) is 11.7. The Labute approximate surface area is 124 Å². The summed E-state index contributed by atoms with van der Waals surface area (Å²) >= 11 is 0. The van der Waals surface area contributed by atoms with E-state index in [0.29, 0.717) is 12.8 Å². The summed E-state index contributed by atoms with van der Waals surface area (Å²) in [6.07, 6.45) is -3.37. The van der Waals surface area contributed by atoms with Gasteiger partial charge in [0.25, 0.3) is 0 Å². The van der Waals surface area contributed by atoms with E-state index < -0.39 is 30.4 Å². The van der Waals surface area contributed by atoms with Crippen LogP contribution < -0.4 is 5.32 Å². The summed E-state index contributed by atoms with van der Waals surface area (Å²) in [5.74, 6) is -2.21. The maximum atomic E-state index is 13.5. The summed E-state index contributed by atoms with van der Waals surface area (Å²) in [6.45, 7) is -0.772. The van der Waals surface area contributed by atoms with Gasteiger partial charge in [0.05, 0.1) is 18.2 Å². The molecule has 0 saturated carbocycles. The molecule has 1 aromatic carbocycles. The molecule has 4 nitrogen and oxygen atoms in total. The standard InChI is InChI=1S/C14H16F4N2O2/c15-11-6-10(21)3-4-12(11)19-13(22)9-2-1-5-20(7-9)8-14(16,17)18/h3-4,6,9,21H,1-2,5,7-8H2,(H,19,22)/t9-/m0/s1. The van der Waals surface area contributed by atoms with Crippen molar-refractivity contribution in [3.63, 3.8) is 0 Å². The number of nitrogens with one attached hydrogen (secondary N) is 1. The lowest BCUT2D eigenvalue weighted by Gasteiger charge is -2.32. The Morgan fingerprint density at radius 1 is 1.41 bits per heavy atom. The van der Waals surface area contributed by atoms with E-state index in [0.717, 1.165) is 6.07 Å². The monoisotopic (exact) mass is 320 g/mol. The van der Waals surface area contributed by atoms with Crippen LogP contribution in [0, 0.1) is 11.7 Å². The van der Waals surface area contributed by atoms with Gasteiger partial charge >= 0.3 is 6.18 Å². The number of anilines is 1. The predicted octanol–water partition coefficient (Wildman–Crippen LogP) is 2.74. The first kappa shape index (κ1) is 16.5. The number of hydrogen-bond acceptors (Lipinski definition) is 3. The van der Waals surface area contributed by atoms with E-state index in [1.807, 2.05) is 0 Å². The lowest BCUT2D eigenvalue weighted by molar-refractivity contribution is -0.151. The highest BCUT2D eigenvalue weighted by atomic mass is 19.4. The highest BCUT2D eigenvalue weighted by molar-refractivity contribution is 5.92. The van der Waals surface area contributed by atoms with E-state index in [4.69, 9.17) is 5.11 Å². The lowest BCUT2D eigenvalue weighted by atomic mass is 9.97. The number of halogens is 4. The summed E-state index contributed by atoms with van der Waals surface area (Å²) in [5.41, 5.74) is -0.101. The topological polar surface area (TPSA) is 52.6 Å². The van der Waals surface area contributed by atoms with Gasteiger partial charge in [0.15, 0.2) is 0 Å². The molecule has 1 amide bonds. The summed E-state index contributed by atoms with van der Waals surface area (Å²) < 4.78 is 50.7. The smallest absolute Gasteiger partial charge is 0.401 e. The van der Waals surface area contributed by atoms with Gasteiger partial charge in [-0.25, -0.2) is 4.39 Å². The molecule has 2 N–H and O–H groups in total. The second-order valence-electron chi connectivity index (χ2n) is 5.34. The maximum absolute atomic E-state index is 13.5. The van der Waals surface area contributed by atoms with Crippen molar-refractivity contribution in [3.05, 3.63) is 24.0 Å². The number of nitrogens with zero attached hydrogens (tertiary/aromatic N) is 1. The van der Waals surface area contributed by atoms with E-state index in [1.54, 1.807) is 0 Å². The second-order valence-corrected chi connectivity index (χ2v) is 5.34. The summed E-state index contributed by atoms with van der Waals surface area (Å²) in [6, 6.07) is 3.28. The SMILES string of the molecule is O=C(Nc1ccc(O)cc1F)[C@H]1CCCN(CC(F)(F)F)C1. The van der Waals surface area contributed by atoms with E-state index in [1.165, 1.54) is 17.0 Å². The normalized spacial score (nSPS) is 19.9. The van der Waals surface area contributed by atoms with Gasteiger partial charge in [0, 0.05) is 12.6 Å². The number of phenolic OH excluding ortho intramolecular Hbond substituents is 1. The molecular weight excluding hydrogens is 304 g/mol. The van der Waals surface area contributed by atoms with Crippen LogP contribution >= 0.6 is 0 Å². The molecule has 0 unspecified atom stereocenters. The quantitative estimate of drug-likeness (QED) is 0.665. The van der Waals surface area contributed by atoms with Gasteiger partial charge < -0.3 is 10.4 Å². The number of alkyl halides is 3. The number of carbonyl (C=O) groups is 1. The van der Waals surface area contributed by atoms with Crippen molar-refractivity contribution in [2.45, 2.75) is 19.0 Å². The largest absolute Gasteiger partial charge is 0.508 e. The first-order valence-electron chi connectivity index (χ1n) is 6.83. The minimum absolute atomic E-state index is 0.00888. The molecule has 0 bridgehead atoms. The van der Waals surface area contributed by atoms with Gasteiger partial charge in [0.1, 0.15) is 11.6 Å². The number of phenols is 1. The number of piperidine rings is 1. The fourth-order valence-corrected chi connectivity index (χ4v) is 2.51. The molecule has 1 fully saturated rings. The van der Waals surface area contributed by atoms with Crippen LogP contribution in [0.1, 0.15) is 12.8 Å². The Kier molecular flexibility index (Phi) is 4.90. The van der Waals surface area contributed by atoms with Gasteiger partial charge in [0.2, 0.25) is 5.91 Å². The first-order chi connectivity index (χ1) is 10.2. The first-order valence-corrected chi connectivity index (χ1v) is 6.83. The molecule has 1 atom stereocenters. The lowest BCUT2D eigenvalue weighted by Crippen LogP contribution is -2.44. The Hall–Kier alpha value is -1.83. The van der Waals surface area contributed by atoms with Crippen molar-refractivity contribution in [2.24, 2.45) is 5.92 Å². The van der Waals surface area contributed by atoms with Gasteiger partial charge in [-0.05, 0) is 31.5 Å². The van der Waals surface area contributed by atoms with Crippen molar-refractivity contribution in [1.82, 2.24) is 4.90 Å². The molecular formula is C14H16F4N2O2. The number of benzene rings is 1. The van der Waals surface area contributed by atoms with Crippen molar-refractivity contribution in [2.75, 3.05) is 25.0 Å². The predicted molar refractivity (Wildman–Crippen MR) is 71.9 cm³/mol. The molecule has 2 rings (SSSR count). The minimum Gasteiger partial charge on any atom is -0.508 e. The van der Waals surface area contributed by atoms with Gasteiger partial charge in [-0.2, -0.15) is 13.2 Å². The van der Waals surface area contributed by atoms with Crippen molar-refractivity contribution < 1.29 is 27.5 Å². The molecule has 1 aromatic rings. The average molecular weight is 320 g/mol. The molecule has 1 aliphatic rings. The summed E-state index contributed by atoms with van der Waals surface area (Å²) in [4.78, 5) is 13.2. The molecule has 0 aliphatic carbocycles. The molecule has 8 heteroatoms. The third kappa shape index (κ3) is 4.59. The zero-order chi connectivity index (χ0) is 16.3. The van der Waals surface area contributed by atoms with Crippen LogP contribution in [0.25, 0.3) is 0 Å². The van der Waals surface area contributed by atoms with E-state index in [-0.39, 0.29) is 24.5 Å². The Morgan fingerprint density at radius 3 is 2.77 bits per heavy atom. The molecule has 1 saturated heterocycles. The summed E-state index contributed by atoms with van der Waals surface area (Å²) in [5, 5.41) is 11.5. The van der Waals surface area contributed by atoms with E-state index in [2.05, 4.69) is 5.32 Å². The number of amides is 1. The minimum atomic E-state index is -4.30. The fraction of sp³-hybridized carbons (Fsp3) is 0.500. The van der Waals surface area contributed by atoms with Crippen molar-refractivity contribution in [1.29, 1.82) is 0 Å². The van der Waals surface area contributed by atoms with Gasteiger partial charge in [-0.15, -0.1) is 0 Å². The van der Waals surface area contributed by atoms with Crippen LogP contribution in [0.4, 0.5) is 23.2 Å². The molecule has 0 spiro atoms. The number of rotatable bonds is 3. The van der Waals surface area contributed by atoms with Crippen molar-refractivity contribution in [3.8, 4) is 5.75 Å². The third-order valence-corrected chi connectivity index (χ3v) is 3.49. The van der Waals surface area contributed by atoms with Gasteiger partial charge in [-0.3, -0.25) is 9.69 Å². The molecule has 22 heavy (non-hydrogen) atoms. The average Bonchev–Trinajstić information content (AvgIpc) is 2.40. The molecule has 0 radical (unpaired) electrons. The van der Waals surface area contributed by atoms with Crippen LogP contribution in [-0.2, 0) is 4.79 Å². The zero-order valence-corrected chi connectivity index (χ0v) is 11.7. The maximum Gasteiger partial charge on any atom is 0.401 e. The Balaban J connectivity index is 1.97. The van der Waals surface area contributed by atoms with Crippen LogP contribution in [0.15, 0.2) is 18.2 Å². The second kappa shape index (κ2) is 6.51. The number of carbonyl (C=O) groups excluding carboxylic acids is 1. The molecule has 1 heterocycles. The van der Waals surface area contributed by atoms with Crippen molar-refractivity contribution >= 4 is 11.6 Å². The van der Waals surface area contributed by atoms with Crippen LogP contribution in [0.5, 0.6) is 5.75 Å². The number of aromatic hydroxyl groups is 1. The van der Waals surface area contributed by atoms with E-state index in [9.17, 15) is 22.4 Å². The van der Waals surface area contributed by atoms with Gasteiger partial charge in [-0.1, -0.05) is 0 Å². The Morgan fingerprint density at radius 2 is 2.14 bits per heavy atom. The summed E-state index contributed by atoms with van der Waals surface area (Å²) in [7, 11) is 0. The highest BCUT2D eigenvalue weighted by Gasteiger charge is 2.34. The molecule has 0 aromatic heterocycles. The third-order valence-electron chi connectivity index (χ3n) is 3.49. The van der Waals surface area contributed by atoms with Crippen LogP contribution in [-0.4, -0.2) is 41.7 Å². The van der Waals surface area contributed by atoms with Crippen LogP contribution in [0.2, 0.25) is 0 Å². The van der Waals surface area contributed by atoms with E-state index >= 15 is 0 Å². The number of hydrogen-bond donors (Lipinski definition) is 2. The van der Waals surface area contributed by atoms with Crippen LogP contribution in [0.3, 0.4) is 0 Å². The fourth-order valence-electron chi connectivity index (χ4n) is 2.51. The molecule has 122 valence electrons. The Bertz CT molecular complexity index is 548. The number of likely N-dealkylation sites (tertiary alicyclic amines) is 1. The molecule has 1 aliphatic heterocycles. The highest BCUT2D eigenvalue weighted by Crippen LogP contribution is 2.25.